The van der Waals surface area contributed by atoms with E-state index in [1.165, 1.54) is 0 Å². The van der Waals surface area contributed by atoms with Gasteiger partial charge in [0.2, 0.25) is 0 Å². The van der Waals surface area contributed by atoms with E-state index in [2.05, 4.69) is 40.4 Å². The number of anilines is 1. The standard InChI is InChI=1S/C17H21N3O/c1-13-5-7-14(8-6-13)20(12-17-18-9-10-19-17)15-3-2-4-16(21)11-15/h2-5,7-8,11,13,21H,6,9-10,12H2,1H3,(H,18,19). The minimum atomic E-state index is 0.285. The van der Waals surface area contributed by atoms with Crippen LogP contribution in [0.1, 0.15) is 13.3 Å². The van der Waals surface area contributed by atoms with Crippen LogP contribution in [0.3, 0.4) is 0 Å². The summed E-state index contributed by atoms with van der Waals surface area (Å²) in [4.78, 5) is 6.68. The van der Waals surface area contributed by atoms with Crippen molar-refractivity contribution in [1.82, 2.24) is 5.32 Å². The maximum atomic E-state index is 9.75. The van der Waals surface area contributed by atoms with Crippen LogP contribution in [0.5, 0.6) is 5.75 Å². The first-order valence-corrected chi connectivity index (χ1v) is 7.44. The molecule has 1 unspecified atom stereocenters. The molecule has 1 heterocycles. The highest BCUT2D eigenvalue weighted by Crippen LogP contribution is 2.27. The summed E-state index contributed by atoms with van der Waals surface area (Å²) in [6, 6.07) is 7.38. The number of benzene rings is 1. The number of phenolic OH excluding ortho intramolecular Hbond substituents is 1. The molecule has 1 aromatic rings. The molecular formula is C17H21N3O. The average Bonchev–Trinajstić information content (AvgIpc) is 2.99. The van der Waals surface area contributed by atoms with Crippen LogP contribution in [0, 0.1) is 5.92 Å². The predicted molar refractivity (Wildman–Crippen MR) is 86.8 cm³/mol. The normalized spacial score (nSPS) is 20.7. The Morgan fingerprint density at radius 1 is 1.43 bits per heavy atom. The van der Waals surface area contributed by atoms with Gasteiger partial charge in [-0.3, -0.25) is 4.99 Å². The van der Waals surface area contributed by atoms with Crippen LogP contribution >= 0.6 is 0 Å². The van der Waals surface area contributed by atoms with Crippen molar-refractivity contribution in [2.45, 2.75) is 13.3 Å². The van der Waals surface area contributed by atoms with Crippen LogP contribution in [0.15, 0.2) is 53.2 Å². The van der Waals surface area contributed by atoms with E-state index in [9.17, 15) is 5.11 Å². The van der Waals surface area contributed by atoms with Gasteiger partial charge in [-0.1, -0.05) is 25.1 Å². The molecule has 0 saturated carbocycles. The molecule has 2 N–H and O–H groups in total. The van der Waals surface area contributed by atoms with E-state index in [0.717, 1.165) is 36.7 Å². The van der Waals surface area contributed by atoms with Gasteiger partial charge in [0.15, 0.2) is 0 Å². The number of nitrogens with one attached hydrogen (secondary N) is 1. The van der Waals surface area contributed by atoms with Crippen LogP contribution in [-0.4, -0.2) is 30.6 Å². The Bertz CT molecular complexity index is 604. The smallest absolute Gasteiger partial charge is 0.117 e. The Kier molecular flexibility index (Phi) is 3.95. The molecule has 110 valence electrons. The van der Waals surface area contributed by atoms with Gasteiger partial charge in [0.05, 0.1) is 13.1 Å². The first-order valence-electron chi connectivity index (χ1n) is 7.44. The van der Waals surface area contributed by atoms with Crippen molar-refractivity contribution in [3.63, 3.8) is 0 Å². The van der Waals surface area contributed by atoms with E-state index in [1.807, 2.05) is 12.1 Å². The summed E-state index contributed by atoms with van der Waals surface area (Å²) in [5, 5.41) is 13.1. The van der Waals surface area contributed by atoms with Gasteiger partial charge < -0.3 is 15.3 Å². The molecule has 1 aromatic carbocycles. The molecule has 4 nitrogen and oxygen atoms in total. The lowest BCUT2D eigenvalue weighted by molar-refractivity contribution is 0.475. The van der Waals surface area contributed by atoms with Gasteiger partial charge in [0.1, 0.15) is 11.6 Å². The lowest BCUT2D eigenvalue weighted by atomic mass is 10.0. The zero-order valence-electron chi connectivity index (χ0n) is 12.3. The second-order valence-corrected chi connectivity index (χ2v) is 5.56. The topological polar surface area (TPSA) is 47.9 Å². The number of amidine groups is 1. The van der Waals surface area contributed by atoms with Crippen LogP contribution in [0.2, 0.25) is 0 Å². The van der Waals surface area contributed by atoms with Crippen molar-refractivity contribution in [1.29, 1.82) is 0 Å². The second kappa shape index (κ2) is 6.04. The van der Waals surface area contributed by atoms with Crippen molar-refractivity contribution < 1.29 is 5.11 Å². The molecular weight excluding hydrogens is 262 g/mol. The lowest BCUT2D eigenvalue weighted by Crippen LogP contribution is -2.34. The number of phenols is 1. The predicted octanol–water partition coefficient (Wildman–Crippen LogP) is 2.68. The summed E-state index contributed by atoms with van der Waals surface area (Å²) in [5.41, 5.74) is 2.15. The van der Waals surface area contributed by atoms with E-state index in [1.54, 1.807) is 12.1 Å². The zero-order valence-corrected chi connectivity index (χ0v) is 12.3. The minimum Gasteiger partial charge on any atom is -0.508 e. The maximum absolute atomic E-state index is 9.75. The van der Waals surface area contributed by atoms with Gasteiger partial charge >= 0.3 is 0 Å². The van der Waals surface area contributed by atoms with E-state index < -0.39 is 0 Å². The molecule has 0 amide bonds. The van der Waals surface area contributed by atoms with Crippen molar-refractivity contribution in [2.24, 2.45) is 10.9 Å². The number of allylic oxidation sites excluding steroid dienone is 3. The quantitative estimate of drug-likeness (QED) is 0.893. The van der Waals surface area contributed by atoms with Gasteiger partial charge in [-0.05, 0) is 30.5 Å². The molecule has 0 bridgehead atoms. The van der Waals surface area contributed by atoms with Crippen molar-refractivity contribution in [2.75, 3.05) is 24.5 Å². The molecule has 0 fully saturated rings. The largest absolute Gasteiger partial charge is 0.508 e. The Labute approximate surface area is 125 Å². The number of aromatic hydroxyl groups is 1. The van der Waals surface area contributed by atoms with Crippen LogP contribution in [-0.2, 0) is 0 Å². The highest BCUT2D eigenvalue weighted by Gasteiger charge is 2.17. The molecule has 3 rings (SSSR count). The average molecular weight is 283 g/mol. The van der Waals surface area contributed by atoms with Crippen molar-refractivity contribution in [3.05, 3.63) is 48.2 Å². The van der Waals surface area contributed by atoms with Gasteiger partial charge in [0.25, 0.3) is 0 Å². The summed E-state index contributed by atoms with van der Waals surface area (Å²) >= 11 is 0. The summed E-state index contributed by atoms with van der Waals surface area (Å²) in [5.74, 6) is 1.88. The van der Waals surface area contributed by atoms with Gasteiger partial charge in [-0.15, -0.1) is 0 Å². The number of hydrogen-bond acceptors (Lipinski definition) is 4. The number of hydrogen-bond donors (Lipinski definition) is 2. The van der Waals surface area contributed by atoms with Crippen LogP contribution < -0.4 is 10.2 Å². The Balaban J connectivity index is 1.89. The summed E-state index contributed by atoms with van der Waals surface area (Å²) in [7, 11) is 0. The van der Waals surface area contributed by atoms with Gasteiger partial charge in [-0.2, -0.15) is 0 Å². The highest BCUT2D eigenvalue weighted by molar-refractivity contribution is 5.89. The molecule has 1 atom stereocenters. The number of aliphatic imine (C=N–C) groups is 1. The van der Waals surface area contributed by atoms with Gasteiger partial charge in [0, 0.05) is 24.0 Å². The molecule has 2 aliphatic rings. The fourth-order valence-electron chi connectivity index (χ4n) is 2.61. The molecule has 1 aliphatic carbocycles. The lowest BCUT2D eigenvalue weighted by Gasteiger charge is -2.28. The fourth-order valence-corrected chi connectivity index (χ4v) is 2.61. The SMILES string of the molecule is CC1C=CC(N(CC2=NCCN2)c2cccc(O)c2)=CC1. The molecule has 4 heteroatoms. The maximum Gasteiger partial charge on any atom is 0.117 e. The van der Waals surface area contributed by atoms with E-state index >= 15 is 0 Å². The number of nitrogens with zero attached hydrogens (tertiary/aromatic N) is 2. The summed E-state index contributed by atoms with van der Waals surface area (Å²) in [6.45, 7) is 4.67. The van der Waals surface area contributed by atoms with E-state index in [0.29, 0.717) is 12.5 Å². The van der Waals surface area contributed by atoms with Crippen LogP contribution in [0.4, 0.5) is 5.69 Å². The summed E-state index contributed by atoms with van der Waals surface area (Å²) < 4.78 is 0. The van der Waals surface area contributed by atoms with E-state index in [-0.39, 0.29) is 5.75 Å². The van der Waals surface area contributed by atoms with Crippen molar-refractivity contribution in [3.8, 4) is 5.75 Å². The third-order valence-electron chi connectivity index (χ3n) is 3.80. The summed E-state index contributed by atoms with van der Waals surface area (Å²) in [6.07, 6.45) is 7.69. The molecule has 0 radical (unpaired) electrons. The Morgan fingerprint density at radius 2 is 2.33 bits per heavy atom. The highest BCUT2D eigenvalue weighted by atomic mass is 16.3. The first kappa shape index (κ1) is 13.7. The molecule has 0 saturated heterocycles. The van der Waals surface area contributed by atoms with Gasteiger partial charge in [-0.25, -0.2) is 0 Å². The third kappa shape index (κ3) is 3.27. The number of rotatable bonds is 4. The molecule has 1 aliphatic heterocycles. The monoisotopic (exact) mass is 283 g/mol. The van der Waals surface area contributed by atoms with Crippen molar-refractivity contribution >= 4 is 11.5 Å². The van der Waals surface area contributed by atoms with Crippen LogP contribution in [0.25, 0.3) is 0 Å². The molecule has 0 aromatic heterocycles. The zero-order chi connectivity index (χ0) is 14.7. The third-order valence-corrected chi connectivity index (χ3v) is 3.80. The van der Waals surface area contributed by atoms with E-state index in [4.69, 9.17) is 0 Å². The molecule has 21 heavy (non-hydrogen) atoms. The molecule has 0 spiro atoms. The Hall–Kier alpha value is -2.23. The minimum absolute atomic E-state index is 0.285. The second-order valence-electron chi connectivity index (χ2n) is 5.56. The Morgan fingerprint density at radius 3 is 3.00 bits per heavy atom. The fraction of sp³-hybridized carbons (Fsp3) is 0.353. The first-order chi connectivity index (χ1) is 10.2.